The van der Waals surface area contributed by atoms with Crippen LogP contribution >= 0.6 is 11.8 Å². The van der Waals surface area contributed by atoms with Gasteiger partial charge in [-0.1, -0.05) is 6.42 Å². The van der Waals surface area contributed by atoms with Gasteiger partial charge < -0.3 is 5.32 Å². The van der Waals surface area contributed by atoms with E-state index in [1.54, 1.807) is 0 Å². The molecule has 1 saturated heterocycles. The SMILES string of the molecule is CNC(Cc1cc(C)nn1C)C1CCCCS1. The molecule has 96 valence electrons. The van der Waals surface area contributed by atoms with Crippen molar-refractivity contribution in [3.63, 3.8) is 0 Å². The maximum atomic E-state index is 4.43. The minimum Gasteiger partial charge on any atom is -0.316 e. The maximum Gasteiger partial charge on any atom is 0.0596 e. The minimum absolute atomic E-state index is 0.579. The van der Waals surface area contributed by atoms with Crippen LogP contribution in [0.1, 0.15) is 30.7 Å². The van der Waals surface area contributed by atoms with E-state index in [-0.39, 0.29) is 0 Å². The summed E-state index contributed by atoms with van der Waals surface area (Å²) in [6, 6.07) is 2.78. The number of nitrogens with one attached hydrogen (secondary N) is 1. The summed E-state index contributed by atoms with van der Waals surface area (Å²) in [6.45, 7) is 2.06. The Hall–Kier alpha value is -0.480. The molecule has 3 nitrogen and oxygen atoms in total. The second-order valence-electron chi connectivity index (χ2n) is 4.90. The summed E-state index contributed by atoms with van der Waals surface area (Å²) < 4.78 is 2.02. The van der Waals surface area contributed by atoms with Crippen molar-refractivity contribution in [1.29, 1.82) is 0 Å². The molecule has 0 aliphatic carbocycles. The maximum absolute atomic E-state index is 4.43. The van der Waals surface area contributed by atoms with Crippen LogP contribution in [0.5, 0.6) is 0 Å². The normalized spacial score (nSPS) is 22.6. The van der Waals surface area contributed by atoms with Gasteiger partial charge in [0.25, 0.3) is 0 Å². The number of likely N-dealkylation sites (N-methyl/N-ethyl adjacent to an activating group) is 1. The lowest BCUT2D eigenvalue weighted by atomic mass is 10.0. The third-order valence-electron chi connectivity index (χ3n) is 3.56. The van der Waals surface area contributed by atoms with E-state index in [0.29, 0.717) is 6.04 Å². The van der Waals surface area contributed by atoms with Crippen molar-refractivity contribution >= 4 is 11.8 Å². The van der Waals surface area contributed by atoms with Crippen LogP contribution in [0.3, 0.4) is 0 Å². The van der Waals surface area contributed by atoms with E-state index in [4.69, 9.17) is 0 Å². The Morgan fingerprint density at radius 3 is 2.94 bits per heavy atom. The first-order valence-corrected chi connectivity index (χ1v) is 7.54. The molecule has 0 saturated carbocycles. The van der Waals surface area contributed by atoms with E-state index in [2.05, 4.69) is 42.2 Å². The van der Waals surface area contributed by atoms with Crippen LogP contribution in [-0.4, -0.2) is 33.9 Å². The number of rotatable bonds is 4. The Morgan fingerprint density at radius 2 is 2.41 bits per heavy atom. The molecule has 2 heterocycles. The second kappa shape index (κ2) is 5.91. The zero-order chi connectivity index (χ0) is 12.3. The van der Waals surface area contributed by atoms with E-state index in [1.165, 1.54) is 30.7 Å². The predicted octanol–water partition coefficient (Wildman–Crippen LogP) is 2.14. The first-order chi connectivity index (χ1) is 8.20. The van der Waals surface area contributed by atoms with Crippen LogP contribution in [0.25, 0.3) is 0 Å². The highest BCUT2D eigenvalue weighted by molar-refractivity contribution is 8.00. The van der Waals surface area contributed by atoms with Gasteiger partial charge in [-0.15, -0.1) is 0 Å². The molecule has 1 aliphatic rings. The zero-order valence-electron chi connectivity index (χ0n) is 11.1. The number of thioether (sulfide) groups is 1. The lowest BCUT2D eigenvalue weighted by Gasteiger charge is -2.29. The summed E-state index contributed by atoms with van der Waals surface area (Å²) in [6.07, 6.45) is 5.22. The molecule has 0 aromatic carbocycles. The monoisotopic (exact) mass is 253 g/mol. The highest BCUT2D eigenvalue weighted by Gasteiger charge is 2.24. The lowest BCUT2D eigenvalue weighted by molar-refractivity contribution is 0.482. The molecule has 0 bridgehead atoms. The van der Waals surface area contributed by atoms with Crippen LogP contribution < -0.4 is 5.32 Å². The van der Waals surface area contributed by atoms with Crippen molar-refractivity contribution < 1.29 is 0 Å². The van der Waals surface area contributed by atoms with Gasteiger partial charge in [0.15, 0.2) is 0 Å². The van der Waals surface area contributed by atoms with Crippen molar-refractivity contribution in [3.05, 3.63) is 17.5 Å². The van der Waals surface area contributed by atoms with Crippen LogP contribution in [0.15, 0.2) is 6.07 Å². The standard InChI is InChI=1S/C13H23N3S/c1-10-8-11(16(3)15-10)9-12(14-2)13-6-4-5-7-17-13/h8,12-14H,4-7,9H2,1-3H3. The van der Waals surface area contributed by atoms with Crippen molar-refractivity contribution in [2.45, 2.75) is 43.9 Å². The van der Waals surface area contributed by atoms with Crippen LogP contribution in [0.2, 0.25) is 0 Å². The zero-order valence-corrected chi connectivity index (χ0v) is 11.9. The molecule has 4 heteroatoms. The fraction of sp³-hybridized carbons (Fsp3) is 0.769. The van der Waals surface area contributed by atoms with Crippen LogP contribution in [-0.2, 0) is 13.5 Å². The van der Waals surface area contributed by atoms with Crippen molar-refractivity contribution in [3.8, 4) is 0 Å². The van der Waals surface area contributed by atoms with Gasteiger partial charge in [0.2, 0.25) is 0 Å². The Bertz CT molecular complexity index is 356. The molecule has 0 amide bonds. The Labute approximate surface area is 108 Å². The van der Waals surface area contributed by atoms with E-state index in [1.807, 2.05) is 11.7 Å². The molecular formula is C13H23N3S. The van der Waals surface area contributed by atoms with Gasteiger partial charge in [-0.25, -0.2) is 0 Å². The topological polar surface area (TPSA) is 29.9 Å². The number of hydrogen-bond acceptors (Lipinski definition) is 3. The smallest absolute Gasteiger partial charge is 0.0596 e. The van der Waals surface area contributed by atoms with Gasteiger partial charge in [-0.05, 0) is 38.6 Å². The summed E-state index contributed by atoms with van der Waals surface area (Å²) in [5, 5.41) is 8.69. The van der Waals surface area contributed by atoms with Crippen molar-refractivity contribution in [2.24, 2.45) is 7.05 Å². The first kappa shape index (κ1) is 13.0. The Morgan fingerprint density at radius 1 is 1.59 bits per heavy atom. The van der Waals surface area contributed by atoms with Crippen LogP contribution in [0, 0.1) is 6.92 Å². The lowest BCUT2D eigenvalue weighted by Crippen LogP contribution is -2.39. The molecule has 2 atom stereocenters. The van der Waals surface area contributed by atoms with Gasteiger partial charge >= 0.3 is 0 Å². The van der Waals surface area contributed by atoms with Gasteiger partial charge in [0, 0.05) is 30.5 Å². The number of nitrogens with zero attached hydrogens (tertiary/aromatic N) is 2. The Balaban J connectivity index is 2.01. The Kier molecular flexibility index (Phi) is 4.51. The van der Waals surface area contributed by atoms with Gasteiger partial charge in [0.1, 0.15) is 0 Å². The number of aromatic nitrogens is 2. The molecule has 1 aromatic heterocycles. The quantitative estimate of drug-likeness (QED) is 0.891. The third kappa shape index (κ3) is 3.26. The highest BCUT2D eigenvalue weighted by Crippen LogP contribution is 2.28. The number of aryl methyl sites for hydroxylation is 2. The first-order valence-electron chi connectivity index (χ1n) is 6.49. The molecule has 1 fully saturated rings. The molecule has 0 spiro atoms. The molecule has 1 aromatic rings. The molecule has 0 radical (unpaired) electrons. The molecule has 2 unspecified atom stereocenters. The van der Waals surface area contributed by atoms with Gasteiger partial charge in [-0.3, -0.25) is 4.68 Å². The fourth-order valence-electron chi connectivity index (χ4n) is 2.58. The van der Waals surface area contributed by atoms with Gasteiger partial charge in [-0.2, -0.15) is 16.9 Å². The summed E-state index contributed by atoms with van der Waals surface area (Å²) in [4.78, 5) is 0. The van der Waals surface area contributed by atoms with E-state index < -0.39 is 0 Å². The summed E-state index contributed by atoms with van der Waals surface area (Å²) in [7, 11) is 4.13. The van der Waals surface area contributed by atoms with Crippen LogP contribution in [0.4, 0.5) is 0 Å². The van der Waals surface area contributed by atoms with E-state index >= 15 is 0 Å². The minimum atomic E-state index is 0.579. The highest BCUT2D eigenvalue weighted by atomic mass is 32.2. The number of hydrogen-bond donors (Lipinski definition) is 1. The predicted molar refractivity (Wildman–Crippen MR) is 74.6 cm³/mol. The van der Waals surface area contributed by atoms with Gasteiger partial charge in [0.05, 0.1) is 5.69 Å². The molecule has 1 N–H and O–H groups in total. The summed E-state index contributed by atoms with van der Waals surface area (Å²) in [5.74, 6) is 1.33. The summed E-state index contributed by atoms with van der Waals surface area (Å²) in [5.41, 5.74) is 2.46. The molecule has 17 heavy (non-hydrogen) atoms. The van der Waals surface area contributed by atoms with Crippen molar-refractivity contribution in [1.82, 2.24) is 15.1 Å². The van der Waals surface area contributed by atoms with E-state index in [0.717, 1.165) is 17.4 Å². The molecule has 2 rings (SSSR count). The van der Waals surface area contributed by atoms with E-state index in [9.17, 15) is 0 Å². The summed E-state index contributed by atoms with van der Waals surface area (Å²) >= 11 is 2.14. The van der Waals surface area contributed by atoms with Crippen molar-refractivity contribution in [2.75, 3.05) is 12.8 Å². The molecule has 1 aliphatic heterocycles. The fourth-order valence-corrected chi connectivity index (χ4v) is 4.05. The molecular weight excluding hydrogens is 230 g/mol. The average molecular weight is 253 g/mol. The third-order valence-corrected chi connectivity index (χ3v) is 5.08. The largest absolute Gasteiger partial charge is 0.316 e. The second-order valence-corrected chi connectivity index (χ2v) is 6.25. The average Bonchev–Trinajstić information content (AvgIpc) is 2.66.